The van der Waals surface area contributed by atoms with E-state index >= 15 is 0 Å². The number of rotatable bonds is 2. The Hall–Kier alpha value is -2.41. The van der Waals surface area contributed by atoms with E-state index in [2.05, 4.69) is 0 Å². The molecule has 0 saturated carbocycles. The van der Waals surface area contributed by atoms with E-state index in [9.17, 15) is 20.2 Å². The van der Waals surface area contributed by atoms with Crippen molar-refractivity contribution in [3.05, 3.63) is 80.9 Å². The van der Waals surface area contributed by atoms with Crippen molar-refractivity contribution in [2.24, 2.45) is 0 Å². The summed E-state index contributed by atoms with van der Waals surface area (Å²) in [4.78, 5) is 18.9. The second-order valence-electron chi connectivity index (χ2n) is 3.16. The Kier molecular flexibility index (Phi) is 7.55. The lowest BCUT2D eigenvalue weighted by atomic mass is 10.3. The molecule has 0 aliphatic rings. The summed E-state index contributed by atoms with van der Waals surface area (Å²) < 4.78 is 0. The van der Waals surface area contributed by atoms with Crippen LogP contribution in [0.2, 0.25) is 0 Å². The van der Waals surface area contributed by atoms with E-state index in [1.54, 1.807) is 0 Å². The summed E-state index contributed by atoms with van der Waals surface area (Å²) in [5, 5.41) is 20.5. The molecule has 0 amide bonds. The molecule has 19 heavy (non-hydrogen) atoms. The van der Waals surface area contributed by atoms with Gasteiger partial charge < -0.3 is 0 Å². The monoisotopic (exact) mass is 280 g/mol. The molecular weight excluding hydrogens is 268 g/mol. The van der Waals surface area contributed by atoms with Crippen molar-refractivity contribution in [2.45, 2.75) is 0 Å². The first-order valence-electron chi connectivity index (χ1n) is 5.00. The third kappa shape index (κ3) is 5.64. The van der Waals surface area contributed by atoms with Crippen LogP contribution < -0.4 is 0 Å². The Balaban J connectivity index is 0.000000392. The molecule has 2 rings (SSSR count). The van der Waals surface area contributed by atoms with Gasteiger partial charge in [-0.15, -0.1) is 0 Å². The first kappa shape index (κ1) is 16.6. The Bertz CT molecular complexity index is 475. The van der Waals surface area contributed by atoms with Gasteiger partial charge in [-0.1, -0.05) is 48.5 Å². The van der Waals surface area contributed by atoms with E-state index in [1.807, 2.05) is 36.4 Å². The quantitative estimate of drug-likeness (QED) is 0.623. The summed E-state index contributed by atoms with van der Waals surface area (Å²) in [5.41, 5.74) is -0.968. The average Bonchev–Trinajstić information content (AvgIpc) is 2.41. The number of para-hydroxylation sites is 2. The van der Waals surface area contributed by atoms with E-state index in [0.29, 0.717) is 0 Å². The van der Waals surface area contributed by atoms with Crippen molar-refractivity contribution >= 4 is 24.9 Å². The second-order valence-corrected chi connectivity index (χ2v) is 3.16. The van der Waals surface area contributed by atoms with Crippen LogP contribution in [0.15, 0.2) is 60.7 Å². The van der Waals surface area contributed by atoms with Gasteiger partial charge in [-0.25, -0.2) is 0 Å². The molecule has 2 aromatic rings. The van der Waals surface area contributed by atoms with Gasteiger partial charge in [-0.3, -0.25) is 20.2 Å². The van der Waals surface area contributed by atoms with Crippen LogP contribution in [0.3, 0.4) is 0 Å². The summed E-state index contributed by atoms with van der Waals surface area (Å²) in [6.07, 6.45) is 0. The summed E-state index contributed by atoms with van der Waals surface area (Å²) in [6.45, 7) is 0. The third-order valence-electron chi connectivity index (χ3n) is 1.94. The highest BCUT2D eigenvalue weighted by Crippen LogP contribution is 2.24. The molecular formula is C12H12N2O4S. The van der Waals surface area contributed by atoms with Gasteiger partial charge in [0.2, 0.25) is 0 Å². The van der Waals surface area contributed by atoms with Crippen LogP contribution in [0.4, 0.5) is 11.4 Å². The molecule has 2 aromatic carbocycles. The van der Waals surface area contributed by atoms with E-state index < -0.39 is 21.2 Å². The van der Waals surface area contributed by atoms with Gasteiger partial charge in [0, 0.05) is 12.1 Å². The normalized spacial score (nSPS) is 8.42. The Labute approximate surface area is 116 Å². The molecule has 0 saturated heterocycles. The van der Waals surface area contributed by atoms with Crippen molar-refractivity contribution in [2.75, 3.05) is 0 Å². The molecule has 0 radical (unpaired) electrons. The van der Waals surface area contributed by atoms with Crippen molar-refractivity contribution in [1.82, 2.24) is 0 Å². The molecule has 0 atom stereocenters. The van der Waals surface area contributed by atoms with Crippen molar-refractivity contribution < 1.29 is 9.85 Å². The van der Waals surface area contributed by atoms with Gasteiger partial charge >= 0.3 is 11.4 Å². The zero-order chi connectivity index (χ0) is 13.4. The molecule has 0 spiro atoms. The molecule has 0 aromatic heterocycles. The zero-order valence-corrected chi connectivity index (χ0v) is 10.8. The number of benzene rings is 2. The Morgan fingerprint density at radius 2 is 0.895 bits per heavy atom. The standard InChI is InChI=1S/C6H4N2O4.C6H6.H2S/c9-7(10)5-3-1-2-4-6(5)8(11)12;1-2-4-6-5-3-1;/h1-4H;1-6H;1H2. The van der Waals surface area contributed by atoms with Gasteiger partial charge in [0.15, 0.2) is 0 Å². The molecule has 0 aliphatic heterocycles. The minimum atomic E-state index is -0.780. The maximum Gasteiger partial charge on any atom is 0.346 e. The van der Waals surface area contributed by atoms with E-state index in [4.69, 9.17) is 0 Å². The first-order valence-corrected chi connectivity index (χ1v) is 5.00. The highest BCUT2D eigenvalue weighted by Gasteiger charge is 2.21. The predicted octanol–water partition coefficient (Wildman–Crippen LogP) is 3.30. The molecule has 0 heterocycles. The third-order valence-corrected chi connectivity index (χ3v) is 1.94. The predicted molar refractivity (Wildman–Crippen MR) is 76.6 cm³/mol. The molecule has 6 nitrogen and oxygen atoms in total. The molecule has 0 bridgehead atoms. The van der Waals surface area contributed by atoms with Crippen LogP contribution in [-0.4, -0.2) is 9.85 Å². The largest absolute Gasteiger partial charge is 0.346 e. The maximum atomic E-state index is 10.2. The van der Waals surface area contributed by atoms with Gasteiger partial charge in [0.1, 0.15) is 0 Å². The van der Waals surface area contributed by atoms with Crippen LogP contribution in [0.1, 0.15) is 0 Å². The molecule has 100 valence electrons. The SMILES string of the molecule is O=[N+]([O-])c1ccccc1[N+](=O)[O-].S.c1ccccc1. The lowest BCUT2D eigenvalue weighted by Gasteiger charge is -1.91. The Morgan fingerprint density at radius 3 is 1.11 bits per heavy atom. The topological polar surface area (TPSA) is 86.3 Å². The minimum absolute atomic E-state index is 0. The molecule has 0 fully saturated rings. The van der Waals surface area contributed by atoms with E-state index in [-0.39, 0.29) is 13.5 Å². The fourth-order valence-corrected chi connectivity index (χ4v) is 1.16. The summed E-state index contributed by atoms with van der Waals surface area (Å²) in [6, 6.07) is 17.0. The van der Waals surface area contributed by atoms with E-state index in [0.717, 1.165) is 12.1 Å². The Morgan fingerprint density at radius 1 is 0.632 bits per heavy atom. The van der Waals surface area contributed by atoms with Crippen LogP contribution in [-0.2, 0) is 0 Å². The maximum absolute atomic E-state index is 10.2. The number of hydrogen-bond acceptors (Lipinski definition) is 4. The second kappa shape index (κ2) is 8.65. The summed E-state index contributed by atoms with van der Waals surface area (Å²) >= 11 is 0. The number of nitrogens with zero attached hydrogens (tertiary/aromatic N) is 2. The highest BCUT2D eigenvalue weighted by molar-refractivity contribution is 7.59. The van der Waals surface area contributed by atoms with Gasteiger partial charge in [0.05, 0.1) is 9.85 Å². The first-order chi connectivity index (χ1) is 8.63. The summed E-state index contributed by atoms with van der Waals surface area (Å²) in [7, 11) is 0. The number of hydrogen-bond donors (Lipinski definition) is 0. The van der Waals surface area contributed by atoms with E-state index in [1.165, 1.54) is 12.1 Å². The fraction of sp³-hybridized carbons (Fsp3) is 0. The lowest BCUT2D eigenvalue weighted by Crippen LogP contribution is -1.95. The molecule has 0 N–H and O–H groups in total. The number of nitro benzene ring substituents is 2. The minimum Gasteiger partial charge on any atom is -0.258 e. The number of nitro groups is 2. The summed E-state index contributed by atoms with van der Waals surface area (Å²) in [5.74, 6) is 0. The highest BCUT2D eigenvalue weighted by atomic mass is 32.1. The van der Waals surface area contributed by atoms with Crippen LogP contribution in [0.5, 0.6) is 0 Å². The molecule has 0 aliphatic carbocycles. The van der Waals surface area contributed by atoms with Crippen molar-refractivity contribution in [1.29, 1.82) is 0 Å². The van der Waals surface area contributed by atoms with Crippen LogP contribution in [0, 0.1) is 20.2 Å². The van der Waals surface area contributed by atoms with Gasteiger partial charge in [-0.05, 0) is 0 Å². The van der Waals surface area contributed by atoms with Gasteiger partial charge in [-0.2, -0.15) is 13.5 Å². The van der Waals surface area contributed by atoms with Crippen molar-refractivity contribution in [3.8, 4) is 0 Å². The average molecular weight is 280 g/mol. The molecule has 7 heteroatoms. The smallest absolute Gasteiger partial charge is 0.258 e. The molecule has 0 unspecified atom stereocenters. The van der Waals surface area contributed by atoms with Crippen LogP contribution in [0.25, 0.3) is 0 Å². The van der Waals surface area contributed by atoms with Crippen molar-refractivity contribution in [3.63, 3.8) is 0 Å². The lowest BCUT2D eigenvalue weighted by molar-refractivity contribution is -0.422. The van der Waals surface area contributed by atoms with Gasteiger partial charge in [0.25, 0.3) is 0 Å². The fourth-order valence-electron chi connectivity index (χ4n) is 1.16. The zero-order valence-electron chi connectivity index (χ0n) is 9.80. The van der Waals surface area contributed by atoms with Crippen LogP contribution >= 0.6 is 13.5 Å².